The number of rotatable bonds is 9. The largest absolute Gasteiger partial charge is 0.463 e. The zero-order valence-electron chi connectivity index (χ0n) is 22.0. The highest BCUT2D eigenvalue weighted by molar-refractivity contribution is 6.31. The van der Waals surface area contributed by atoms with E-state index in [2.05, 4.69) is 0 Å². The van der Waals surface area contributed by atoms with Crippen LogP contribution in [0.3, 0.4) is 0 Å². The van der Waals surface area contributed by atoms with Crippen LogP contribution >= 0.6 is 11.6 Å². The van der Waals surface area contributed by atoms with Crippen LogP contribution < -0.4 is 0 Å². The zero-order valence-corrected chi connectivity index (χ0v) is 22.8. The van der Waals surface area contributed by atoms with E-state index in [0.29, 0.717) is 17.0 Å². The lowest BCUT2D eigenvalue weighted by atomic mass is 9.89. The van der Waals surface area contributed by atoms with Crippen LogP contribution in [-0.2, 0) is 55.9 Å². The molecule has 1 saturated heterocycles. The minimum atomic E-state index is -1.26. The summed E-state index contributed by atoms with van der Waals surface area (Å²) in [4.78, 5) is 47.7. The van der Waals surface area contributed by atoms with Crippen molar-refractivity contribution in [2.45, 2.75) is 71.2 Å². The number of hydrogen-bond acceptors (Lipinski definition) is 10. The molecule has 5 atom stereocenters. The van der Waals surface area contributed by atoms with Gasteiger partial charge in [-0.25, -0.2) is 0 Å². The summed E-state index contributed by atoms with van der Waals surface area (Å²) in [6.07, 6.45) is -5.31. The SMILES string of the molecule is CC(=O)OC[C@H]1O[C@@H](c2ccc(Cl)c(Cc3ccc(CO)cc3)c2)[C@H](OC(C)=O)[C@@H](OC(C)=O)[C@@H]1OC(C)=O. The molecule has 3 rings (SSSR count). The molecule has 0 saturated carbocycles. The van der Waals surface area contributed by atoms with Crippen molar-refractivity contribution >= 4 is 35.5 Å². The molecule has 2 aromatic rings. The van der Waals surface area contributed by atoms with Crippen molar-refractivity contribution in [2.75, 3.05) is 6.61 Å². The fourth-order valence-corrected chi connectivity index (χ4v) is 4.57. The van der Waals surface area contributed by atoms with Gasteiger partial charge in [0.05, 0.1) is 6.61 Å². The summed E-state index contributed by atoms with van der Waals surface area (Å²) in [5.74, 6) is -2.67. The molecule has 1 aliphatic rings. The average molecular weight is 563 g/mol. The van der Waals surface area contributed by atoms with E-state index in [1.54, 1.807) is 18.2 Å². The quantitative estimate of drug-likeness (QED) is 0.358. The average Bonchev–Trinajstić information content (AvgIpc) is 2.86. The zero-order chi connectivity index (χ0) is 28.7. The number of esters is 4. The van der Waals surface area contributed by atoms with Gasteiger partial charge in [0.2, 0.25) is 0 Å². The van der Waals surface area contributed by atoms with Gasteiger partial charge < -0.3 is 28.8 Å². The Bertz CT molecular complexity index is 1200. The maximum atomic E-state index is 12.1. The van der Waals surface area contributed by atoms with E-state index in [-0.39, 0.29) is 13.2 Å². The highest BCUT2D eigenvalue weighted by Gasteiger charge is 2.52. The van der Waals surface area contributed by atoms with Crippen LogP contribution in [0.2, 0.25) is 5.02 Å². The van der Waals surface area contributed by atoms with E-state index < -0.39 is 54.4 Å². The highest BCUT2D eigenvalue weighted by Crippen LogP contribution is 2.39. The summed E-state index contributed by atoms with van der Waals surface area (Å²) in [6.45, 7) is 4.36. The predicted octanol–water partition coefficient (Wildman–Crippen LogP) is 3.22. The Balaban J connectivity index is 2.05. The van der Waals surface area contributed by atoms with Crippen LogP contribution in [0.15, 0.2) is 42.5 Å². The first-order chi connectivity index (χ1) is 18.5. The van der Waals surface area contributed by atoms with E-state index >= 15 is 0 Å². The Morgan fingerprint density at radius 2 is 1.36 bits per heavy atom. The normalized spacial score (nSPS) is 22.5. The molecular formula is C28H31ClO10. The Morgan fingerprint density at radius 1 is 0.795 bits per heavy atom. The number of hydrogen-bond donors (Lipinski definition) is 1. The van der Waals surface area contributed by atoms with E-state index in [0.717, 1.165) is 16.7 Å². The molecule has 2 aromatic carbocycles. The fraction of sp³-hybridized carbons (Fsp3) is 0.429. The number of carbonyl (C=O) groups excluding carboxylic acids is 4. The molecule has 11 heteroatoms. The third-order valence-corrected chi connectivity index (χ3v) is 6.36. The van der Waals surface area contributed by atoms with E-state index in [4.69, 9.17) is 35.3 Å². The summed E-state index contributed by atoms with van der Waals surface area (Å²) in [5, 5.41) is 9.79. The lowest BCUT2D eigenvalue weighted by molar-refractivity contribution is -0.254. The second-order valence-corrected chi connectivity index (χ2v) is 9.53. The molecule has 10 nitrogen and oxygen atoms in total. The molecule has 0 radical (unpaired) electrons. The summed E-state index contributed by atoms with van der Waals surface area (Å²) in [5.41, 5.74) is 2.99. The smallest absolute Gasteiger partial charge is 0.303 e. The van der Waals surface area contributed by atoms with Crippen molar-refractivity contribution in [2.24, 2.45) is 0 Å². The predicted molar refractivity (Wildman–Crippen MR) is 138 cm³/mol. The van der Waals surface area contributed by atoms with Crippen LogP contribution in [0.5, 0.6) is 0 Å². The molecule has 1 fully saturated rings. The molecule has 0 spiro atoms. The van der Waals surface area contributed by atoms with Crippen molar-refractivity contribution in [3.05, 3.63) is 69.7 Å². The lowest BCUT2D eigenvalue weighted by Crippen LogP contribution is -2.59. The van der Waals surface area contributed by atoms with Gasteiger partial charge in [0, 0.05) is 32.7 Å². The summed E-state index contributed by atoms with van der Waals surface area (Å²) in [6, 6.07) is 12.5. The molecule has 1 aliphatic heterocycles. The van der Waals surface area contributed by atoms with Gasteiger partial charge in [-0.3, -0.25) is 19.2 Å². The first kappa shape index (κ1) is 30.1. The number of halogens is 1. The second-order valence-electron chi connectivity index (χ2n) is 9.12. The van der Waals surface area contributed by atoms with Crippen LogP contribution in [-0.4, -0.2) is 60.0 Å². The Hall–Kier alpha value is -3.47. The van der Waals surface area contributed by atoms with Gasteiger partial charge in [-0.15, -0.1) is 0 Å². The van der Waals surface area contributed by atoms with Crippen molar-refractivity contribution in [3.8, 4) is 0 Å². The van der Waals surface area contributed by atoms with Crippen LogP contribution in [0, 0.1) is 0 Å². The molecule has 39 heavy (non-hydrogen) atoms. The molecule has 210 valence electrons. The number of aliphatic hydroxyl groups excluding tert-OH is 1. The molecule has 0 amide bonds. The van der Waals surface area contributed by atoms with Gasteiger partial charge in [0.1, 0.15) is 18.8 Å². The molecular weight excluding hydrogens is 532 g/mol. The van der Waals surface area contributed by atoms with Gasteiger partial charge in [-0.2, -0.15) is 0 Å². The Morgan fingerprint density at radius 3 is 1.92 bits per heavy atom. The van der Waals surface area contributed by atoms with E-state index in [9.17, 15) is 24.3 Å². The first-order valence-corrected chi connectivity index (χ1v) is 12.6. The topological polar surface area (TPSA) is 135 Å². The lowest BCUT2D eigenvalue weighted by Gasteiger charge is -2.44. The maximum Gasteiger partial charge on any atom is 0.303 e. The van der Waals surface area contributed by atoms with Crippen LogP contribution in [0.25, 0.3) is 0 Å². The van der Waals surface area contributed by atoms with Crippen molar-refractivity contribution < 1.29 is 48.0 Å². The molecule has 0 aromatic heterocycles. The Kier molecular flexibility index (Phi) is 10.4. The second kappa shape index (κ2) is 13.5. The van der Waals surface area contributed by atoms with Gasteiger partial charge >= 0.3 is 23.9 Å². The van der Waals surface area contributed by atoms with Crippen molar-refractivity contribution in [3.63, 3.8) is 0 Å². The number of aliphatic hydroxyl groups is 1. The highest BCUT2D eigenvalue weighted by atomic mass is 35.5. The minimum absolute atomic E-state index is 0.0700. The fourth-order valence-electron chi connectivity index (χ4n) is 4.39. The van der Waals surface area contributed by atoms with E-state index in [1.807, 2.05) is 24.3 Å². The molecule has 1 heterocycles. The number of carbonyl (C=O) groups is 4. The van der Waals surface area contributed by atoms with Crippen molar-refractivity contribution in [1.29, 1.82) is 0 Å². The number of ether oxygens (including phenoxy) is 5. The third-order valence-electron chi connectivity index (χ3n) is 5.99. The summed E-state index contributed by atoms with van der Waals surface area (Å²) >= 11 is 6.51. The number of benzene rings is 2. The Labute approximate surface area is 231 Å². The maximum absolute atomic E-state index is 12.1. The molecule has 0 bridgehead atoms. The third kappa shape index (κ3) is 8.26. The van der Waals surface area contributed by atoms with Gasteiger partial charge in [0.15, 0.2) is 18.3 Å². The molecule has 0 unspecified atom stereocenters. The monoisotopic (exact) mass is 562 g/mol. The first-order valence-electron chi connectivity index (χ1n) is 12.3. The standard InChI is InChI=1S/C28H31ClO10/c1-15(31)35-14-24-26(36-16(2)32)28(38-18(4)34)27(37-17(3)33)25(39-24)21-9-10-23(29)22(12-21)11-19-5-7-20(13-30)8-6-19/h5-10,12,24-28,30H,11,13-14H2,1-4H3/t24-,25+,26-,27+,28+/m1/s1. The molecule has 0 aliphatic carbocycles. The van der Waals surface area contributed by atoms with Crippen molar-refractivity contribution in [1.82, 2.24) is 0 Å². The van der Waals surface area contributed by atoms with Gasteiger partial charge in [-0.05, 0) is 34.7 Å². The molecule has 1 N–H and O–H groups in total. The summed E-state index contributed by atoms with van der Waals surface area (Å²) < 4.78 is 27.9. The van der Waals surface area contributed by atoms with Gasteiger partial charge in [0.25, 0.3) is 0 Å². The van der Waals surface area contributed by atoms with Gasteiger partial charge in [-0.1, -0.05) is 48.0 Å². The van der Waals surface area contributed by atoms with Crippen LogP contribution in [0.1, 0.15) is 56.1 Å². The summed E-state index contributed by atoms with van der Waals surface area (Å²) in [7, 11) is 0. The van der Waals surface area contributed by atoms with Crippen LogP contribution in [0.4, 0.5) is 0 Å². The van der Waals surface area contributed by atoms with E-state index in [1.165, 1.54) is 27.7 Å². The minimum Gasteiger partial charge on any atom is -0.463 e.